The van der Waals surface area contributed by atoms with Gasteiger partial charge < -0.3 is 10.5 Å². The average molecular weight is 310 g/mol. The lowest BCUT2D eigenvalue weighted by molar-refractivity contribution is 0.414. The van der Waals surface area contributed by atoms with Crippen LogP contribution in [0.25, 0.3) is 0 Å². The van der Waals surface area contributed by atoms with Gasteiger partial charge in [0.2, 0.25) is 0 Å². The maximum atomic E-state index is 13.3. The van der Waals surface area contributed by atoms with Gasteiger partial charge in [-0.1, -0.05) is 28.1 Å². The highest BCUT2D eigenvalue weighted by molar-refractivity contribution is 9.10. The lowest BCUT2D eigenvalue weighted by atomic mass is 9.99. The van der Waals surface area contributed by atoms with Gasteiger partial charge in [-0.3, -0.25) is 0 Å². The Kier molecular flexibility index (Phi) is 3.99. The van der Waals surface area contributed by atoms with Crippen molar-refractivity contribution in [3.05, 3.63) is 63.9 Å². The van der Waals surface area contributed by atoms with Gasteiger partial charge in [-0.15, -0.1) is 0 Å². The van der Waals surface area contributed by atoms with Gasteiger partial charge in [0.25, 0.3) is 0 Å². The molecule has 0 radical (unpaired) electrons. The Hall–Kier alpha value is -1.39. The highest BCUT2D eigenvalue weighted by atomic mass is 79.9. The molecule has 18 heavy (non-hydrogen) atoms. The quantitative estimate of drug-likeness (QED) is 0.939. The molecule has 2 rings (SSSR count). The van der Waals surface area contributed by atoms with Gasteiger partial charge in [0, 0.05) is 4.47 Å². The largest absolute Gasteiger partial charge is 0.497 e. The molecule has 0 aliphatic carbocycles. The number of nitrogens with two attached hydrogens (primary N) is 1. The van der Waals surface area contributed by atoms with Crippen molar-refractivity contribution in [2.75, 3.05) is 7.11 Å². The number of ether oxygens (including phenoxy) is 1. The van der Waals surface area contributed by atoms with E-state index in [-0.39, 0.29) is 5.82 Å². The molecule has 2 aromatic carbocycles. The molecule has 2 N–H and O–H groups in total. The molecular formula is C14H13BrFNO. The topological polar surface area (TPSA) is 35.2 Å². The number of benzene rings is 2. The predicted octanol–water partition coefficient (Wildman–Crippen LogP) is 3.64. The molecule has 94 valence electrons. The van der Waals surface area contributed by atoms with E-state index >= 15 is 0 Å². The van der Waals surface area contributed by atoms with Crippen molar-refractivity contribution in [2.45, 2.75) is 6.04 Å². The summed E-state index contributed by atoms with van der Waals surface area (Å²) in [6.07, 6.45) is 0. The molecule has 0 aromatic heterocycles. The van der Waals surface area contributed by atoms with E-state index < -0.39 is 6.04 Å². The van der Waals surface area contributed by atoms with Crippen LogP contribution in [0.4, 0.5) is 4.39 Å². The second-order valence-electron chi connectivity index (χ2n) is 3.92. The first-order valence-electron chi connectivity index (χ1n) is 5.46. The first-order valence-corrected chi connectivity index (χ1v) is 6.25. The van der Waals surface area contributed by atoms with Gasteiger partial charge in [-0.05, 0) is 41.5 Å². The van der Waals surface area contributed by atoms with Crippen molar-refractivity contribution in [1.29, 1.82) is 0 Å². The molecule has 0 bridgehead atoms. The van der Waals surface area contributed by atoms with Gasteiger partial charge in [0.1, 0.15) is 11.6 Å². The Balaban J connectivity index is 2.40. The Morgan fingerprint density at radius 1 is 1.22 bits per heavy atom. The van der Waals surface area contributed by atoms with Crippen molar-refractivity contribution >= 4 is 15.9 Å². The maximum Gasteiger partial charge on any atom is 0.123 e. The van der Waals surface area contributed by atoms with Crippen molar-refractivity contribution in [1.82, 2.24) is 0 Å². The first kappa shape index (κ1) is 13.1. The second kappa shape index (κ2) is 5.50. The third-order valence-electron chi connectivity index (χ3n) is 2.75. The standard InChI is InChI=1S/C14H13BrFNO/c1-18-11-4-2-3-9(7-11)14(17)12-8-10(16)5-6-13(12)15/h2-8,14H,17H2,1H3. The molecule has 1 atom stereocenters. The number of methoxy groups -OCH3 is 1. The van der Waals surface area contributed by atoms with Crippen molar-refractivity contribution in [2.24, 2.45) is 5.73 Å². The van der Waals surface area contributed by atoms with Gasteiger partial charge in [-0.25, -0.2) is 4.39 Å². The zero-order chi connectivity index (χ0) is 13.1. The Labute approximate surface area is 114 Å². The van der Waals surface area contributed by atoms with Crippen molar-refractivity contribution in [3.8, 4) is 5.75 Å². The predicted molar refractivity (Wildman–Crippen MR) is 73.1 cm³/mol. The van der Waals surface area contributed by atoms with E-state index in [9.17, 15) is 4.39 Å². The Morgan fingerprint density at radius 3 is 2.72 bits per heavy atom. The van der Waals surface area contributed by atoms with Gasteiger partial charge in [0.05, 0.1) is 13.2 Å². The molecule has 1 unspecified atom stereocenters. The molecule has 0 saturated carbocycles. The first-order chi connectivity index (χ1) is 8.61. The minimum atomic E-state index is -0.398. The summed E-state index contributed by atoms with van der Waals surface area (Å²) >= 11 is 3.39. The third-order valence-corrected chi connectivity index (χ3v) is 3.47. The van der Waals surface area contributed by atoms with E-state index in [1.54, 1.807) is 13.2 Å². The third kappa shape index (κ3) is 2.71. The van der Waals surface area contributed by atoms with E-state index in [0.717, 1.165) is 15.8 Å². The number of hydrogen-bond donors (Lipinski definition) is 1. The van der Waals surface area contributed by atoms with Crippen LogP contribution in [-0.2, 0) is 0 Å². The van der Waals surface area contributed by atoms with Crippen molar-refractivity contribution < 1.29 is 9.13 Å². The summed E-state index contributed by atoms with van der Waals surface area (Å²) in [4.78, 5) is 0. The fraction of sp³-hybridized carbons (Fsp3) is 0.143. The molecule has 0 aliphatic rings. The smallest absolute Gasteiger partial charge is 0.123 e. The summed E-state index contributed by atoms with van der Waals surface area (Å²) in [5, 5.41) is 0. The minimum Gasteiger partial charge on any atom is -0.497 e. The number of halogens is 2. The van der Waals surface area contributed by atoms with Crippen LogP contribution in [0, 0.1) is 5.82 Å². The van der Waals surface area contributed by atoms with Crippen LogP contribution in [-0.4, -0.2) is 7.11 Å². The molecule has 0 spiro atoms. The lowest BCUT2D eigenvalue weighted by Crippen LogP contribution is -2.12. The van der Waals surface area contributed by atoms with Gasteiger partial charge >= 0.3 is 0 Å². The van der Waals surface area contributed by atoms with Crippen LogP contribution < -0.4 is 10.5 Å². The lowest BCUT2D eigenvalue weighted by Gasteiger charge is -2.15. The summed E-state index contributed by atoms with van der Waals surface area (Å²) < 4.78 is 19.2. The minimum absolute atomic E-state index is 0.299. The maximum absolute atomic E-state index is 13.3. The van der Waals surface area contributed by atoms with Crippen LogP contribution in [0.1, 0.15) is 17.2 Å². The molecule has 2 aromatic rings. The van der Waals surface area contributed by atoms with E-state index in [1.165, 1.54) is 12.1 Å². The van der Waals surface area contributed by atoms with Crippen LogP contribution in [0.3, 0.4) is 0 Å². The highest BCUT2D eigenvalue weighted by Gasteiger charge is 2.13. The van der Waals surface area contributed by atoms with E-state index in [4.69, 9.17) is 10.5 Å². The molecule has 0 saturated heterocycles. The average Bonchev–Trinajstić information content (AvgIpc) is 2.41. The monoisotopic (exact) mass is 309 g/mol. The van der Waals surface area contributed by atoms with Crippen LogP contribution >= 0.6 is 15.9 Å². The highest BCUT2D eigenvalue weighted by Crippen LogP contribution is 2.29. The summed E-state index contributed by atoms with van der Waals surface area (Å²) in [7, 11) is 1.60. The summed E-state index contributed by atoms with van der Waals surface area (Å²) in [5.41, 5.74) is 7.74. The van der Waals surface area contributed by atoms with Crippen molar-refractivity contribution in [3.63, 3.8) is 0 Å². The van der Waals surface area contributed by atoms with Crippen LogP contribution in [0.15, 0.2) is 46.9 Å². The molecule has 0 amide bonds. The van der Waals surface area contributed by atoms with Gasteiger partial charge in [0.15, 0.2) is 0 Å². The Morgan fingerprint density at radius 2 is 2.00 bits per heavy atom. The summed E-state index contributed by atoms with van der Waals surface area (Å²) in [6, 6.07) is 11.5. The molecule has 2 nitrogen and oxygen atoms in total. The van der Waals surface area contributed by atoms with Gasteiger partial charge in [-0.2, -0.15) is 0 Å². The molecule has 0 aliphatic heterocycles. The normalized spacial score (nSPS) is 12.2. The molecule has 0 fully saturated rings. The molecule has 0 heterocycles. The SMILES string of the molecule is COc1cccc(C(N)c2cc(F)ccc2Br)c1. The van der Waals surface area contributed by atoms with Crippen LogP contribution in [0.5, 0.6) is 5.75 Å². The summed E-state index contributed by atoms with van der Waals surface area (Å²) in [5.74, 6) is 0.432. The second-order valence-corrected chi connectivity index (χ2v) is 4.77. The number of rotatable bonds is 3. The van der Waals surface area contributed by atoms with E-state index in [2.05, 4.69) is 15.9 Å². The molecular weight excluding hydrogens is 297 g/mol. The van der Waals surface area contributed by atoms with Crippen LogP contribution in [0.2, 0.25) is 0 Å². The Bertz CT molecular complexity index is 559. The fourth-order valence-electron chi connectivity index (χ4n) is 1.77. The summed E-state index contributed by atoms with van der Waals surface area (Å²) in [6.45, 7) is 0. The van der Waals surface area contributed by atoms with E-state index in [1.807, 2.05) is 24.3 Å². The fourth-order valence-corrected chi connectivity index (χ4v) is 2.26. The number of hydrogen-bond acceptors (Lipinski definition) is 2. The zero-order valence-corrected chi connectivity index (χ0v) is 11.4. The van der Waals surface area contributed by atoms with E-state index in [0.29, 0.717) is 5.56 Å². The molecule has 4 heteroatoms. The zero-order valence-electron chi connectivity index (χ0n) is 9.86.